The van der Waals surface area contributed by atoms with E-state index in [0.717, 1.165) is 26.2 Å². The molecular formula is C48H58N6O12. The van der Waals surface area contributed by atoms with Gasteiger partial charge in [-0.3, -0.25) is 9.97 Å². The molecule has 66 heavy (non-hydrogen) atoms. The second kappa shape index (κ2) is 29.6. The van der Waals surface area contributed by atoms with E-state index in [0.29, 0.717) is 48.5 Å². The molecule has 2 aliphatic rings. The largest absolute Gasteiger partial charge is 0.478 e. The van der Waals surface area contributed by atoms with Gasteiger partial charge in [-0.15, -0.1) is 0 Å². The molecule has 2 unspecified atom stereocenters. The van der Waals surface area contributed by atoms with Gasteiger partial charge < -0.3 is 50.2 Å². The summed E-state index contributed by atoms with van der Waals surface area (Å²) in [5, 5.41) is 46.9. The molecule has 0 aliphatic carbocycles. The van der Waals surface area contributed by atoms with Crippen LogP contribution in [0.5, 0.6) is 0 Å². The van der Waals surface area contributed by atoms with E-state index >= 15 is 0 Å². The number of carbonyl (C=O) groups is 6. The number of fused-ring (bicyclic) bond motifs is 2. The predicted octanol–water partition coefficient (Wildman–Crippen LogP) is 6.10. The molecule has 352 valence electrons. The van der Waals surface area contributed by atoms with Gasteiger partial charge in [0.1, 0.15) is 0 Å². The summed E-state index contributed by atoms with van der Waals surface area (Å²) in [5.74, 6) is -7.54. The summed E-state index contributed by atoms with van der Waals surface area (Å²) >= 11 is 0. The van der Waals surface area contributed by atoms with E-state index in [-0.39, 0.29) is 0 Å². The molecule has 2 aromatic heterocycles. The molecule has 0 spiro atoms. The molecule has 0 fully saturated rings. The summed E-state index contributed by atoms with van der Waals surface area (Å²) in [4.78, 5) is 75.2. The van der Waals surface area contributed by atoms with Crippen molar-refractivity contribution >= 4 is 47.2 Å². The summed E-state index contributed by atoms with van der Waals surface area (Å²) in [6, 6.07) is 27.1. The molecule has 2 atom stereocenters. The fourth-order valence-corrected chi connectivity index (χ4v) is 6.80. The zero-order chi connectivity index (χ0) is 49.0. The topological polar surface area (TPSA) is 263 Å². The number of benzene rings is 2. The molecule has 0 bridgehead atoms. The van der Waals surface area contributed by atoms with Crippen molar-refractivity contribution in [1.29, 1.82) is 0 Å². The van der Waals surface area contributed by atoms with Gasteiger partial charge in [0.05, 0.1) is 12.1 Å². The molecule has 4 aromatic rings. The molecule has 0 amide bonds. The summed E-state index contributed by atoms with van der Waals surface area (Å²) in [6.07, 6.45) is 15.7. The molecule has 18 nitrogen and oxygen atoms in total. The van der Waals surface area contributed by atoms with Gasteiger partial charge in [-0.05, 0) is 113 Å². The number of carboxylic acid groups (broad SMARTS) is 6. The summed E-state index contributed by atoms with van der Waals surface area (Å²) < 4.78 is 0. The maximum atomic E-state index is 9.55. The fourth-order valence-electron chi connectivity index (χ4n) is 6.80. The quantitative estimate of drug-likeness (QED) is 0.0693. The average Bonchev–Trinajstić information content (AvgIpc) is 3.84. The van der Waals surface area contributed by atoms with Crippen LogP contribution in [0.15, 0.2) is 134 Å². The van der Waals surface area contributed by atoms with Crippen LogP contribution in [-0.2, 0) is 41.9 Å². The van der Waals surface area contributed by atoms with Gasteiger partial charge >= 0.3 is 35.8 Å². The van der Waals surface area contributed by atoms with E-state index in [4.69, 9.17) is 30.6 Å². The predicted molar refractivity (Wildman–Crippen MR) is 248 cm³/mol. The highest BCUT2D eigenvalue weighted by Crippen LogP contribution is 2.41. The van der Waals surface area contributed by atoms with Crippen LogP contribution in [-0.4, -0.2) is 128 Å². The van der Waals surface area contributed by atoms with Crippen molar-refractivity contribution < 1.29 is 59.4 Å². The van der Waals surface area contributed by atoms with Crippen LogP contribution in [0.3, 0.4) is 0 Å². The van der Waals surface area contributed by atoms with Gasteiger partial charge in [0.25, 0.3) is 0 Å². The van der Waals surface area contributed by atoms with E-state index in [1.54, 1.807) is 0 Å². The van der Waals surface area contributed by atoms with Crippen molar-refractivity contribution in [1.82, 2.24) is 19.8 Å². The Hall–Kier alpha value is -7.70. The first-order valence-corrected chi connectivity index (χ1v) is 20.6. The second-order valence-corrected chi connectivity index (χ2v) is 15.0. The third-order valence-electron chi connectivity index (χ3n) is 9.52. The van der Waals surface area contributed by atoms with Crippen molar-refractivity contribution in [2.24, 2.45) is 0 Å². The summed E-state index contributed by atoms with van der Waals surface area (Å²) in [6.45, 7) is 4.30. The zero-order valence-corrected chi connectivity index (χ0v) is 37.3. The number of aromatic nitrogens is 2. The number of pyridine rings is 2. The fraction of sp³-hybridized carbons (Fsp3) is 0.292. The van der Waals surface area contributed by atoms with Crippen LogP contribution in [0.1, 0.15) is 60.0 Å². The van der Waals surface area contributed by atoms with Crippen LogP contribution in [0.25, 0.3) is 0 Å². The first-order chi connectivity index (χ1) is 31.4. The Morgan fingerprint density at radius 1 is 0.485 bits per heavy atom. The molecule has 0 saturated heterocycles. The van der Waals surface area contributed by atoms with Crippen LogP contribution in [0.4, 0.5) is 11.4 Å². The summed E-state index contributed by atoms with van der Waals surface area (Å²) in [7, 11) is 8.57. The minimum Gasteiger partial charge on any atom is -0.478 e. The molecule has 4 heterocycles. The van der Waals surface area contributed by atoms with Crippen LogP contribution in [0, 0.1) is 0 Å². The highest BCUT2D eigenvalue weighted by Gasteiger charge is 2.30. The first kappa shape index (κ1) is 54.4. The normalized spacial score (nSPS) is 14.5. The lowest BCUT2D eigenvalue weighted by Crippen LogP contribution is -2.23. The molecule has 6 N–H and O–H groups in total. The highest BCUT2D eigenvalue weighted by molar-refractivity contribution is 5.90. The lowest BCUT2D eigenvalue weighted by molar-refractivity contribution is -0.134. The lowest BCUT2D eigenvalue weighted by Gasteiger charge is -2.27. The minimum atomic E-state index is -1.26. The lowest BCUT2D eigenvalue weighted by atomic mass is 10.0. The number of aliphatic carboxylic acids is 6. The monoisotopic (exact) mass is 910 g/mol. The van der Waals surface area contributed by atoms with Gasteiger partial charge in [0.15, 0.2) is 0 Å². The average molecular weight is 911 g/mol. The molecular weight excluding hydrogens is 853 g/mol. The Bertz CT molecular complexity index is 2020. The maximum Gasteiger partial charge on any atom is 0.328 e. The standard InChI is InChI=1S/2C18H23N3.3C4H4O4/c2*1-20(2)13-5-8-18-17-7-4-3-6-15(17)14-21(18)16-9-11-19-12-10-16;3*5-3(6)1-2-4(7)8/h2*3-4,6-7,9-12,18H,5,8,13-14H2,1-2H3;3*1-2H,(H,5,6)(H,7,8)/b;;3*2-1+. The Kier molecular flexibility index (Phi) is 24.4. The number of rotatable bonds is 16. The van der Waals surface area contributed by atoms with Gasteiger partial charge in [-0.25, -0.2) is 28.8 Å². The number of hydrogen-bond donors (Lipinski definition) is 6. The Labute approximate surface area is 383 Å². The van der Waals surface area contributed by atoms with Crippen molar-refractivity contribution in [2.45, 2.75) is 50.9 Å². The minimum absolute atomic E-state index is 0.489. The summed E-state index contributed by atoms with van der Waals surface area (Å²) in [5.41, 5.74) is 8.46. The number of carboxylic acids is 6. The van der Waals surface area contributed by atoms with Crippen molar-refractivity contribution in [3.05, 3.63) is 156 Å². The zero-order valence-electron chi connectivity index (χ0n) is 37.3. The van der Waals surface area contributed by atoms with Crippen molar-refractivity contribution in [2.75, 3.05) is 51.1 Å². The smallest absolute Gasteiger partial charge is 0.328 e. The van der Waals surface area contributed by atoms with E-state index < -0.39 is 35.8 Å². The third kappa shape index (κ3) is 21.6. The van der Waals surface area contributed by atoms with Gasteiger partial charge in [0.2, 0.25) is 0 Å². The highest BCUT2D eigenvalue weighted by atomic mass is 16.4. The van der Waals surface area contributed by atoms with Gasteiger partial charge in [-0.2, -0.15) is 0 Å². The molecule has 0 saturated carbocycles. The molecule has 18 heteroatoms. The first-order valence-electron chi connectivity index (χ1n) is 20.6. The maximum absolute atomic E-state index is 9.55. The molecule has 6 rings (SSSR count). The van der Waals surface area contributed by atoms with Crippen LogP contribution >= 0.6 is 0 Å². The Morgan fingerprint density at radius 3 is 1.02 bits per heavy atom. The van der Waals surface area contributed by atoms with Crippen LogP contribution < -0.4 is 9.80 Å². The second-order valence-electron chi connectivity index (χ2n) is 15.0. The van der Waals surface area contributed by atoms with Gasteiger partial charge in [-0.1, -0.05) is 48.5 Å². The van der Waals surface area contributed by atoms with E-state index in [1.807, 2.05) is 24.8 Å². The van der Waals surface area contributed by atoms with Crippen molar-refractivity contribution in [3.8, 4) is 0 Å². The van der Waals surface area contributed by atoms with E-state index in [2.05, 4.69) is 131 Å². The van der Waals surface area contributed by atoms with E-state index in [9.17, 15) is 28.8 Å². The Morgan fingerprint density at radius 2 is 0.758 bits per heavy atom. The number of hydrogen-bond acceptors (Lipinski definition) is 12. The van der Waals surface area contributed by atoms with Gasteiger partial charge in [0, 0.05) is 85.7 Å². The number of nitrogens with zero attached hydrogens (tertiary/aromatic N) is 6. The van der Waals surface area contributed by atoms with E-state index in [1.165, 1.54) is 59.3 Å². The van der Waals surface area contributed by atoms with Crippen molar-refractivity contribution in [3.63, 3.8) is 0 Å². The third-order valence-corrected chi connectivity index (χ3v) is 9.52. The number of anilines is 2. The SMILES string of the molecule is CN(C)CCCC1c2ccccc2CN1c1ccncc1.CN(C)CCCC1c2ccccc2CN1c1ccncc1.O=C(O)/C=C/C(=O)O.O=C(O)/C=C/C(=O)O.O=C(O)/C=C/C(=O)O. The molecule has 2 aliphatic heterocycles. The van der Waals surface area contributed by atoms with Crippen LogP contribution in [0.2, 0.25) is 0 Å². The molecule has 0 radical (unpaired) electrons. The molecule has 2 aromatic carbocycles. The Balaban J connectivity index is 0.000000309.